The van der Waals surface area contributed by atoms with E-state index in [1.165, 1.54) is 6.07 Å². The van der Waals surface area contributed by atoms with E-state index in [0.717, 1.165) is 41.3 Å². The Balaban J connectivity index is 2.31. The molecular weight excluding hydrogens is 211 g/mol. The first-order chi connectivity index (χ1) is 6.57. The van der Waals surface area contributed by atoms with E-state index in [2.05, 4.69) is 5.32 Å². The molecule has 2 heterocycles. The maximum absolute atomic E-state index is 12.4. The van der Waals surface area contributed by atoms with Crippen LogP contribution in [0.1, 0.15) is 15.3 Å². The molecule has 0 spiro atoms. The zero-order valence-electron chi connectivity index (χ0n) is 7.45. The molecule has 0 aliphatic carbocycles. The third-order valence-electron chi connectivity index (χ3n) is 2.28. The number of halogens is 3. The van der Waals surface area contributed by atoms with Gasteiger partial charge in [0.15, 0.2) is 0 Å². The molecule has 1 aliphatic rings. The summed E-state index contributed by atoms with van der Waals surface area (Å²) >= 11 is 0.891. The second kappa shape index (κ2) is 3.55. The summed E-state index contributed by atoms with van der Waals surface area (Å²) in [5.74, 6) is 0. The van der Waals surface area contributed by atoms with Gasteiger partial charge in [0.25, 0.3) is 0 Å². The van der Waals surface area contributed by atoms with Gasteiger partial charge in [0.2, 0.25) is 0 Å². The molecule has 2 rings (SSSR count). The monoisotopic (exact) mass is 221 g/mol. The largest absolute Gasteiger partial charge is 0.425 e. The van der Waals surface area contributed by atoms with E-state index >= 15 is 0 Å². The molecule has 0 bridgehead atoms. The molecule has 1 N–H and O–H groups in total. The lowest BCUT2D eigenvalue weighted by atomic mass is 10.1. The standard InChI is InChI=1S/C9H10F3NS/c10-9(11,12)8-5-6-1-3-13-4-2-7(6)14-8/h5,13H,1-4H2. The first-order valence-electron chi connectivity index (χ1n) is 4.47. The van der Waals surface area contributed by atoms with Gasteiger partial charge in [0.05, 0.1) is 0 Å². The molecule has 1 nitrogen and oxygen atoms in total. The average molecular weight is 221 g/mol. The summed E-state index contributed by atoms with van der Waals surface area (Å²) in [7, 11) is 0. The molecule has 78 valence electrons. The normalized spacial score (nSPS) is 17.6. The molecule has 14 heavy (non-hydrogen) atoms. The summed E-state index contributed by atoms with van der Waals surface area (Å²) in [5, 5.41) is 3.16. The minimum absolute atomic E-state index is 0.454. The van der Waals surface area contributed by atoms with Crippen LogP contribution >= 0.6 is 11.3 Å². The first-order valence-corrected chi connectivity index (χ1v) is 5.28. The summed E-state index contributed by atoms with van der Waals surface area (Å²) in [6.07, 6.45) is -2.75. The van der Waals surface area contributed by atoms with Crippen LogP contribution in [0.15, 0.2) is 6.07 Å². The van der Waals surface area contributed by atoms with Crippen molar-refractivity contribution in [3.8, 4) is 0 Å². The van der Waals surface area contributed by atoms with Gasteiger partial charge in [-0.1, -0.05) is 0 Å². The molecule has 0 fully saturated rings. The van der Waals surface area contributed by atoms with Crippen molar-refractivity contribution in [1.29, 1.82) is 0 Å². The van der Waals surface area contributed by atoms with Gasteiger partial charge in [-0.05, 0) is 37.6 Å². The first kappa shape index (κ1) is 9.98. The Morgan fingerprint density at radius 1 is 1.21 bits per heavy atom. The molecule has 0 unspecified atom stereocenters. The fraction of sp³-hybridized carbons (Fsp3) is 0.556. The second-order valence-electron chi connectivity index (χ2n) is 3.31. The minimum Gasteiger partial charge on any atom is -0.316 e. The lowest BCUT2D eigenvalue weighted by Crippen LogP contribution is -2.16. The highest BCUT2D eigenvalue weighted by atomic mass is 32.1. The van der Waals surface area contributed by atoms with Crippen molar-refractivity contribution in [2.75, 3.05) is 13.1 Å². The number of nitrogens with one attached hydrogen (secondary N) is 1. The van der Waals surface area contributed by atoms with E-state index < -0.39 is 11.1 Å². The third-order valence-corrected chi connectivity index (χ3v) is 3.56. The molecule has 5 heteroatoms. The smallest absolute Gasteiger partial charge is 0.316 e. The van der Waals surface area contributed by atoms with Crippen LogP contribution in [-0.4, -0.2) is 13.1 Å². The zero-order chi connectivity index (χ0) is 10.2. The average Bonchev–Trinajstić information content (AvgIpc) is 2.38. The van der Waals surface area contributed by atoms with Crippen LogP contribution < -0.4 is 5.32 Å². The van der Waals surface area contributed by atoms with Gasteiger partial charge in [0.1, 0.15) is 4.88 Å². The van der Waals surface area contributed by atoms with Gasteiger partial charge >= 0.3 is 6.18 Å². The van der Waals surface area contributed by atoms with Crippen LogP contribution in [0.4, 0.5) is 13.2 Å². The Kier molecular flexibility index (Phi) is 2.53. The molecule has 0 radical (unpaired) electrons. The van der Waals surface area contributed by atoms with E-state index in [-0.39, 0.29) is 0 Å². The number of thiophene rings is 1. The van der Waals surface area contributed by atoms with Gasteiger partial charge in [0, 0.05) is 4.88 Å². The molecule has 1 aliphatic heterocycles. The minimum atomic E-state index is -4.18. The van der Waals surface area contributed by atoms with E-state index in [1.54, 1.807) is 0 Å². The van der Waals surface area contributed by atoms with Crippen molar-refractivity contribution in [2.24, 2.45) is 0 Å². The SMILES string of the molecule is FC(F)(F)c1cc2c(s1)CCNCC2. The summed E-state index contributed by atoms with van der Waals surface area (Å²) in [6.45, 7) is 1.56. The van der Waals surface area contributed by atoms with Gasteiger partial charge in [-0.15, -0.1) is 11.3 Å². The number of alkyl halides is 3. The van der Waals surface area contributed by atoms with Crippen molar-refractivity contribution in [3.05, 3.63) is 21.4 Å². The number of hydrogen-bond acceptors (Lipinski definition) is 2. The highest BCUT2D eigenvalue weighted by Gasteiger charge is 2.33. The van der Waals surface area contributed by atoms with Crippen molar-refractivity contribution >= 4 is 11.3 Å². The van der Waals surface area contributed by atoms with E-state index in [1.807, 2.05) is 0 Å². The molecule has 0 amide bonds. The molecule has 0 atom stereocenters. The van der Waals surface area contributed by atoms with Gasteiger partial charge in [-0.25, -0.2) is 0 Å². The Labute approximate surface area is 83.9 Å². The predicted octanol–water partition coefficient (Wildman–Crippen LogP) is 2.46. The topological polar surface area (TPSA) is 12.0 Å². The molecule has 0 saturated heterocycles. The lowest BCUT2D eigenvalue weighted by Gasteiger charge is -2.01. The molecule has 0 saturated carbocycles. The van der Waals surface area contributed by atoms with Gasteiger partial charge in [-0.3, -0.25) is 0 Å². The highest BCUT2D eigenvalue weighted by molar-refractivity contribution is 7.12. The quantitative estimate of drug-likeness (QED) is 0.709. The number of rotatable bonds is 0. The second-order valence-corrected chi connectivity index (χ2v) is 4.44. The summed E-state index contributed by atoms with van der Waals surface area (Å²) in [5.41, 5.74) is 0.868. The molecule has 0 aromatic carbocycles. The van der Waals surface area contributed by atoms with Crippen molar-refractivity contribution in [3.63, 3.8) is 0 Å². The van der Waals surface area contributed by atoms with Crippen LogP contribution in [0.5, 0.6) is 0 Å². The van der Waals surface area contributed by atoms with Crippen molar-refractivity contribution < 1.29 is 13.2 Å². The Morgan fingerprint density at radius 2 is 1.93 bits per heavy atom. The zero-order valence-corrected chi connectivity index (χ0v) is 8.26. The van der Waals surface area contributed by atoms with Gasteiger partial charge < -0.3 is 5.32 Å². The van der Waals surface area contributed by atoms with E-state index in [9.17, 15) is 13.2 Å². The lowest BCUT2D eigenvalue weighted by molar-refractivity contribution is -0.134. The number of hydrogen-bond donors (Lipinski definition) is 1. The number of fused-ring (bicyclic) bond motifs is 1. The fourth-order valence-corrected chi connectivity index (χ4v) is 2.66. The molecule has 1 aromatic heterocycles. The Hall–Kier alpha value is -0.550. The maximum atomic E-state index is 12.4. The third kappa shape index (κ3) is 1.93. The van der Waals surface area contributed by atoms with Crippen LogP contribution in [0, 0.1) is 0 Å². The maximum Gasteiger partial charge on any atom is 0.425 e. The highest BCUT2D eigenvalue weighted by Crippen LogP contribution is 2.37. The van der Waals surface area contributed by atoms with Gasteiger partial charge in [-0.2, -0.15) is 13.2 Å². The summed E-state index contributed by atoms with van der Waals surface area (Å²) in [6, 6.07) is 1.30. The predicted molar refractivity (Wildman–Crippen MR) is 49.6 cm³/mol. The molecular formula is C9H10F3NS. The van der Waals surface area contributed by atoms with Crippen LogP contribution in [0.25, 0.3) is 0 Å². The summed E-state index contributed by atoms with van der Waals surface area (Å²) in [4.78, 5) is 0.437. The van der Waals surface area contributed by atoms with Crippen molar-refractivity contribution in [1.82, 2.24) is 5.32 Å². The van der Waals surface area contributed by atoms with Crippen LogP contribution in [0.3, 0.4) is 0 Å². The van der Waals surface area contributed by atoms with Crippen molar-refractivity contribution in [2.45, 2.75) is 19.0 Å². The van der Waals surface area contributed by atoms with E-state index in [4.69, 9.17) is 0 Å². The van der Waals surface area contributed by atoms with Crippen LogP contribution in [0.2, 0.25) is 0 Å². The van der Waals surface area contributed by atoms with E-state index in [0.29, 0.717) is 6.42 Å². The van der Waals surface area contributed by atoms with Crippen LogP contribution in [-0.2, 0) is 19.0 Å². The Bertz CT molecular complexity index is 306. The molecule has 1 aromatic rings. The fourth-order valence-electron chi connectivity index (χ4n) is 1.58. The Morgan fingerprint density at radius 3 is 2.64 bits per heavy atom. The summed E-state index contributed by atoms with van der Waals surface area (Å²) < 4.78 is 37.1.